The standard InChI is InChI=1S/C18H27F2N/c1-2-21-16(11-14-7-5-3-4-6-8-14)12-15-9-10-17(19)18(20)13-15/h9-10,13-14,16,21H,2-8,11-12H2,1H3. The summed E-state index contributed by atoms with van der Waals surface area (Å²) in [7, 11) is 0. The van der Waals surface area contributed by atoms with Gasteiger partial charge in [0.1, 0.15) is 0 Å². The Kier molecular flexibility index (Phi) is 6.62. The molecule has 1 aromatic rings. The van der Waals surface area contributed by atoms with Gasteiger partial charge in [0.15, 0.2) is 11.6 Å². The van der Waals surface area contributed by atoms with Gasteiger partial charge in [-0.15, -0.1) is 0 Å². The van der Waals surface area contributed by atoms with Crippen molar-refractivity contribution in [1.29, 1.82) is 0 Å². The molecule has 1 atom stereocenters. The molecule has 21 heavy (non-hydrogen) atoms. The molecule has 0 radical (unpaired) electrons. The average Bonchev–Trinajstić information content (AvgIpc) is 2.72. The van der Waals surface area contributed by atoms with Crippen LogP contribution in [-0.4, -0.2) is 12.6 Å². The lowest BCUT2D eigenvalue weighted by Gasteiger charge is -2.23. The smallest absolute Gasteiger partial charge is 0.159 e. The molecule has 1 aliphatic carbocycles. The Hall–Kier alpha value is -0.960. The molecule has 1 saturated carbocycles. The molecule has 0 saturated heterocycles. The third-order valence-corrected chi connectivity index (χ3v) is 4.55. The number of hydrogen-bond donors (Lipinski definition) is 1. The molecule has 0 heterocycles. The highest BCUT2D eigenvalue weighted by Crippen LogP contribution is 2.27. The Morgan fingerprint density at radius 2 is 1.81 bits per heavy atom. The van der Waals surface area contributed by atoms with E-state index >= 15 is 0 Å². The molecule has 1 N–H and O–H groups in total. The van der Waals surface area contributed by atoms with E-state index < -0.39 is 11.6 Å². The largest absolute Gasteiger partial charge is 0.314 e. The lowest BCUT2D eigenvalue weighted by molar-refractivity contribution is 0.352. The minimum absolute atomic E-state index is 0.364. The lowest BCUT2D eigenvalue weighted by Crippen LogP contribution is -2.33. The molecule has 0 aliphatic heterocycles. The number of benzene rings is 1. The fourth-order valence-electron chi connectivity index (χ4n) is 3.48. The first kappa shape index (κ1) is 16.4. The highest BCUT2D eigenvalue weighted by Gasteiger charge is 2.18. The first-order valence-corrected chi connectivity index (χ1v) is 8.36. The van der Waals surface area contributed by atoms with Crippen LogP contribution in [0.4, 0.5) is 8.78 Å². The van der Waals surface area contributed by atoms with Crippen molar-refractivity contribution in [3.63, 3.8) is 0 Å². The zero-order valence-electron chi connectivity index (χ0n) is 13.0. The van der Waals surface area contributed by atoms with Crippen molar-refractivity contribution in [2.75, 3.05) is 6.54 Å². The van der Waals surface area contributed by atoms with Gasteiger partial charge < -0.3 is 5.32 Å². The zero-order chi connectivity index (χ0) is 15.1. The van der Waals surface area contributed by atoms with Crippen LogP contribution in [0.2, 0.25) is 0 Å². The second-order valence-electron chi connectivity index (χ2n) is 6.30. The molecular formula is C18H27F2N. The van der Waals surface area contributed by atoms with Gasteiger partial charge in [-0.3, -0.25) is 0 Å². The van der Waals surface area contributed by atoms with Crippen molar-refractivity contribution in [1.82, 2.24) is 5.32 Å². The van der Waals surface area contributed by atoms with Gasteiger partial charge in [0.05, 0.1) is 0 Å². The number of likely N-dealkylation sites (N-methyl/N-ethyl adjacent to an activating group) is 1. The summed E-state index contributed by atoms with van der Waals surface area (Å²) >= 11 is 0. The molecule has 3 heteroatoms. The Bertz CT molecular complexity index is 425. The van der Waals surface area contributed by atoms with E-state index in [4.69, 9.17) is 0 Å². The molecule has 1 fully saturated rings. The maximum Gasteiger partial charge on any atom is 0.159 e. The van der Waals surface area contributed by atoms with Crippen LogP contribution in [0.15, 0.2) is 18.2 Å². The van der Waals surface area contributed by atoms with Gasteiger partial charge in [-0.05, 0) is 43.0 Å². The number of nitrogens with one attached hydrogen (secondary N) is 1. The molecular weight excluding hydrogens is 268 g/mol. The third kappa shape index (κ3) is 5.39. The topological polar surface area (TPSA) is 12.0 Å². The quantitative estimate of drug-likeness (QED) is 0.740. The van der Waals surface area contributed by atoms with Crippen LogP contribution in [0.5, 0.6) is 0 Å². The molecule has 0 bridgehead atoms. The summed E-state index contributed by atoms with van der Waals surface area (Å²) in [6.45, 7) is 3.02. The predicted octanol–water partition coefficient (Wildman–Crippen LogP) is 4.85. The summed E-state index contributed by atoms with van der Waals surface area (Å²) in [6, 6.07) is 4.64. The normalized spacial score (nSPS) is 18.4. The molecule has 1 aromatic carbocycles. The maximum atomic E-state index is 13.3. The van der Waals surface area contributed by atoms with Crippen LogP contribution >= 0.6 is 0 Å². The minimum Gasteiger partial charge on any atom is -0.314 e. The molecule has 0 spiro atoms. The molecule has 1 unspecified atom stereocenters. The first-order chi connectivity index (χ1) is 10.2. The van der Waals surface area contributed by atoms with E-state index in [9.17, 15) is 8.78 Å². The van der Waals surface area contributed by atoms with Gasteiger partial charge >= 0.3 is 0 Å². The van der Waals surface area contributed by atoms with Gasteiger partial charge in [-0.2, -0.15) is 0 Å². The molecule has 1 aliphatic rings. The van der Waals surface area contributed by atoms with Gasteiger partial charge in [0.25, 0.3) is 0 Å². The van der Waals surface area contributed by atoms with Crippen molar-refractivity contribution in [2.24, 2.45) is 5.92 Å². The second kappa shape index (κ2) is 8.47. The Labute approximate surface area is 127 Å². The molecule has 0 aromatic heterocycles. The van der Waals surface area contributed by atoms with Gasteiger partial charge in [0, 0.05) is 6.04 Å². The summed E-state index contributed by atoms with van der Waals surface area (Å²) in [5.74, 6) is -0.721. The van der Waals surface area contributed by atoms with E-state index in [1.807, 2.05) is 0 Å². The fourth-order valence-corrected chi connectivity index (χ4v) is 3.48. The zero-order valence-corrected chi connectivity index (χ0v) is 13.0. The Balaban J connectivity index is 1.95. The first-order valence-electron chi connectivity index (χ1n) is 8.36. The summed E-state index contributed by atoms with van der Waals surface area (Å²) in [5.41, 5.74) is 0.883. The third-order valence-electron chi connectivity index (χ3n) is 4.55. The van der Waals surface area contributed by atoms with E-state index in [-0.39, 0.29) is 0 Å². The van der Waals surface area contributed by atoms with Crippen LogP contribution in [0.1, 0.15) is 57.4 Å². The molecule has 118 valence electrons. The van der Waals surface area contributed by atoms with Crippen LogP contribution in [0.3, 0.4) is 0 Å². The van der Waals surface area contributed by atoms with E-state index in [2.05, 4.69) is 12.2 Å². The van der Waals surface area contributed by atoms with Crippen molar-refractivity contribution in [2.45, 2.75) is 64.3 Å². The van der Waals surface area contributed by atoms with Gasteiger partial charge in [-0.1, -0.05) is 51.5 Å². The van der Waals surface area contributed by atoms with E-state index in [0.717, 1.165) is 30.9 Å². The van der Waals surface area contributed by atoms with Crippen molar-refractivity contribution in [3.8, 4) is 0 Å². The summed E-state index contributed by atoms with van der Waals surface area (Å²) in [6.07, 6.45) is 9.98. The number of hydrogen-bond acceptors (Lipinski definition) is 1. The van der Waals surface area contributed by atoms with Crippen LogP contribution < -0.4 is 5.32 Å². The minimum atomic E-state index is -0.762. The lowest BCUT2D eigenvalue weighted by atomic mass is 9.90. The van der Waals surface area contributed by atoms with Crippen LogP contribution in [-0.2, 0) is 6.42 Å². The second-order valence-corrected chi connectivity index (χ2v) is 6.30. The van der Waals surface area contributed by atoms with Crippen molar-refractivity contribution in [3.05, 3.63) is 35.4 Å². The monoisotopic (exact) mass is 295 g/mol. The van der Waals surface area contributed by atoms with E-state index in [1.165, 1.54) is 50.7 Å². The van der Waals surface area contributed by atoms with E-state index in [1.54, 1.807) is 6.07 Å². The number of halogens is 2. The summed E-state index contributed by atoms with van der Waals surface area (Å²) in [4.78, 5) is 0. The maximum absolute atomic E-state index is 13.3. The summed E-state index contributed by atoms with van der Waals surface area (Å²) in [5, 5.41) is 3.52. The summed E-state index contributed by atoms with van der Waals surface area (Å²) < 4.78 is 26.3. The van der Waals surface area contributed by atoms with Gasteiger partial charge in [-0.25, -0.2) is 8.78 Å². The average molecular weight is 295 g/mol. The van der Waals surface area contributed by atoms with Crippen molar-refractivity contribution >= 4 is 0 Å². The fraction of sp³-hybridized carbons (Fsp3) is 0.667. The van der Waals surface area contributed by atoms with E-state index in [0.29, 0.717) is 6.04 Å². The highest BCUT2D eigenvalue weighted by atomic mass is 19.2. The van der Waals surface area contributed by atoms with Crippen LogP contribution in [0.25, 0.3) is 0 Å². The number of rotatable bonds is 6. The molecule has 0 amide bonds. The van der Waals surface area contributed by atoms with Crippen LogP contribution in [0, 0.1) is 17.6 Å². The van der Waals surface area contributed by atoms with Crippen molar-refractivity contribution < 1.29 is 8.78 Å². The Morgan fingerprint density at radius 1 is 1.10 bits per heavy atom. The van der Waals surface area contributed by atoms with Gasteiger partial charge in [0.2, 0.25) is 0 Å². The SMILES string of the molecule is CCNC(Cc1ccc(F)c(F)c1)CC1CCCCCC1. The highest BCUT2D eigenvalue weighted by molar-refractivity contribution is 5.18. The molecule has 2 rings (SSSR count). The molecule has 1 nitrogen and oxygen atoms in total. The Morgan fingerprint density at radius 3 is 2.43 bits per heavy atom. The predicted molar refractivity (Wildman–Crippen MR) is 83.3 cm³/mol.